The van der Waals surface area contributed by atoms with Crippen molar-refractivity contribution in [2.75, 3.05) is 18.0 Å². The lowest BCUT2D eigenvalue weighted by molar-refractivity contribution is 0.276. The number of anilines is 1. The first-order valence-corrected chi connectivity index (χ1v) is 7.38. The van der Waals surface area contributed by atoms with Crippen molar-refractivity contribution < 1.29 is 9.50 Å². The third-order valence-corrected chi connectivity index (χ3v) is 4.72. The van der Waals surface area contributed by atoms with Gasteiger partial charge in [-0.05, 0) is 12.1 Å². The van der Waals surface area contributed by atoms with Gasteiger partial charge in [0, 0.05) is 13.1 Å². The summed E-state index contributed by atoms with van der Waals surface area (Å²) in [5, 5.41) is 17.7. The number of rotatable bonds is 3. The third kappa shape index (κ3) is 2.07. The lowest BCUT2D eigenvalue weighted by Crippen LogP contribution is -2.48. The van der Waals surface area contributed by atoms with Crippen molar-refractivity contribution in [2.45, 2.75) is 12.6 Å². The minimum Gasteiger partial charge on any atom is -0.390 e. The molecule has 6 nitrogen and oxygen atoms in total. The third-order valence-electron chi connectivity index (χ3n) is 3.58. The molecular formula is C13H12FN5OS. The number of hydrogen-bond acceptors (Lipinski definition) is 6. The molecule has 3 heterocycles. The molecule has 1 N–H and O–H groups in total. The summed E-state index contributed by atoms with van der Waals surface area (Å²) in [6, 6.07) is 5.16. The Kier molecular flexibility index (Phi) is 2.86. The molecule has 0 saturated carbocycles. The van der Waals surface area contributed by atoms with Gasteiger partial charge in [-0.2, -0.15) is 0 Å². The summed E-state index contributed by atoms with van der Waals surface area (Å²) < 4.78 is 16.0. The summed E-state index contributed by atoms with van der Waals surface area (Å²) in [6.45, 7) is 1.42. The molecule has 0 radical (unpaired) electrons. The van der Waals surface area contributed by atoms with Gasteiger partial charge in [0.1, 0.15) is 11.5 Å². The Labute approximate surface area is 123 Å². The maximum absolute atomic E-state index is 13.7. The fraction of sp³-hybridized carbons (Fsp3) is 0.308. The number of halogens is 1. The van der Waals surface area contributed by atoms with Gasteiger partial charge in [0.25, 0.3) is 0 Å². The number of aromatic nitrogens is 4. The molecule has 108 valence electrons. The molecule has 0 amide bonds. The van der Waals surface area contributed by atoms with Crippen molar-refractivity contribution in [3.05, 3.63) is 35.9 Å². The molecule has 1 aliphatic rings. The SMILES string of the molecule is OCc1cn(C2CN(c3nc4cccc(F)c4s3)C2)nn1. The number of fused-ring (bicyclic) bond motifs is 1. The van der Waals surface area contributed by atoms with Gasteiger partial charge >= 0.3 is 0 Å². The van der Waals surface area contributed by atoms with E-state index in [0.717, 1.165) is 18.2 Å². The molecule has 8 heteroatoms. The highest BCUT2D eigenvalue weighted by molar-refractivity contribution is 7.22. The highest BCUT2D eigenvalue weighted by atomic mass is 32.1. The predicted molar refractivity (Wildman–Crippen MR) is 76.8 cm³/mol. The topological polar surface area (TPSA) is 67.1 Å². The molecule has 1 aliphatic heterocycles. The molecular weight excluding hydrogens is 293 g/mol. The van der Waals surface area contributed by atoms with E-state index < -0.39 is 0 Å². The van der Waals surface area contributed by atoms with E-state index in [1.807, 2.05) is 6.07 Å². The van der Waals surface area contributed by atoms with Crippen molar-refractivity contribution >= 4 is 26.7 Å². The van der Waals surface area contributed by atoms with Crippen LogP contribution in [0.3, 0.4) is 0 Å². The van der Waals surface area contributed by atoms with E-state index >= 15 is 0 Å². The van der Waals surface area contributed by atoms with Crippen molar-refractivity contribution in [3.8, 4) is 0 Å². The molecule has 0 bridgehead atoms. The maximum Gasteiger partial charge on any atom is 0.186 e. The van der Waals surface area contributed by atoms with Crippen LogP contribution in [-0.4, -0.2) is 38.2 Å². The standard InChI is InChI=1S/C13H12FN5OS/c14-10-2-1-3-11-12(10)21-13(15-11)18-5-9(6-18)19-4-8(7-20)16-17-19/h1-4,9,20H,5-7H2. The number of aliphatic hydroxyl groups excluding tert-OH is 1. The van der Waals surface area contributed by atoms with Crippen LogP contribution in [0.5, 0.6) is 0 Å². The van der Waals surface area contributed by atoms with Crippen LogP contribution in [0.2, 0.25) is 0 Å². The van der Waals surface area contributed by atoms with Gasteiger partial charge in [-0.3, -0.25) is 0 Å². The molecule has 1 aromatic carbocycles. The van der Waals surface area contributed by atoms with E-state index in [2.05, 4.69) is 20.2 Å². The quantitative estimate of drug-likeness (QED) is 0.796. The molecule has 2 aromatic heterocycles. The fourth-order valence-electron chi connectivity index (χ4n) is 2.38. The highest BCUT2D eigenvalue weighted by Gasteiger charge is 2.31. The van der Waals surface area contributed by atoms with Crippen LogP contribution < -0.4 is 4.90 Å². The number of benzene rings is 1. The molecule has 0 aliphatic carbocycles. The monoisotopic (exact) mass is 305 g/mol. The Balaban J connectivity index is 1.52. The van der Waals surface area contributed by atoms with Crippen LogP contribution in [0.25, 0.3) is 10.2 Å². The van der Waals surface area contributed by atoms with Crippen LogP contribution in [0.1, 0.15) is 11.7 Å². The smallest absolute Gasteiger partial charge is 0.186 e. The average molecular weight is 305 g/mol. The number of nitrogens with zero attached hydrogens (tertiary/aromatic N) is 5. The lowest BCUT2D eigenvalue weighted by Gasteiger charge is -2.38. The predicted octanol–water partition coefficient (Wildman–Crippen LogP) is 1.58. The summed E-state index contributed by atoms with van der Waals surface area (Å²) in [4.78, 5) is 6.56. The van der Waals surface area contributed by atoms with Crippen LogP contribution in [0.15, 0.2) is 24.4 Å². The van der Waals surface area contributed by atoms with Gasteiger partial charge in [0.2, 0.25) is 0 Å². The summed E-state index contributed by atoms with van der Waals surface area (Å²) in [5.41, 5.74) is 1.26. The Morgan fingerprint density at radius 1 is 1.38 bits per heavy atom. The first-order valence-electron chi connectivity index (χ1n) is 6.56. The van der Waals surface area contributed by atoms with E-state index in [4.69, 9.17) is 5.11 Å². The minimum atomic E-state index is -0.225. The summed E-state index contributed by atoms with van der Waals surface area (Å²) >= 11 is 1.37. The second-order valence-electron chi connectivity index (χ2n) is 4.99. The molecule has 0 spiro atoms. The number of aliphatic hydroxyl groups is 1. The van der Waals surface area contributed by atoms with Crippen LogP contribution >= 0.6 is 11.3 Å². The zero-order valence-electron chi connectivity index (χ0n) is 11.0. The van der Waals surface area contributed by atoms with E-state index in [0.29, 0.717) is 15.9 Å². The zero-order chi connectivity index (χ0) is 14.4. The maximum atomic E-state index is 13.7. The summed E-state index contributed by atoms with van der Waals surface area (Å²) in [5.74, 6) is -0.225. The Morgan fingerprint density at radius 2 is 2.24 bits per heavy atom. The van der Waals surface area contributed by atoms with E-state index in [-0.39, 0.29) is 18.5 Å². The van der Waals surface area contributed by atoms with Crippen molar-refractivity contribution in [1.82, 2.24) is 20.0 Å². The first-order chi connectivity index (χ1) is 10.2. The summed E-state index contributed by atoms with van der Waals surface area (Å²) in [6.07, 6.45) is 1.75. The molecule has 0 atom stereocenters. The lowest BCUT2D eigenvalue weighted by atomic mass is 10.1. The van der Waals surface area contributed by atoms with Crippen molar-refractivity contribution in [3.63, 3.8) is 0 Å². The fourth-order valence-corrected chi connectivity index (χ4v) is 3.37. The van der Waals surface area contributed by atoms with E-state index in [1.165, 1.54) is 17.4 Å². The average Bonchev–Trinajstić information content (AvgIpc) is 3.04. The van der Waals surface area contributed by atoms with Crippen LogP contribution in [-0.2, 0) is 6.61 Å². The van der Waals surface area contributed by atoms with Gasteiger partial charge in [-0.25, -0.2) is 14.1 Å². The van der Waals surface area contributed by atoms with E-state index in [1.54, 1.807) is 16.9 Å². The second-order valence-corrected chi connectivity index (χ2v) is 5.97. The Bertz CT molecular complexity index is 795. The first kappa shape index (κ1) is 12.7. The van der Waals surface area contributed by atoms with Gasteiger partial charge in [0.15, 0.2) is 5.13 Å². The van der Waals surface area contributed by atoms with Gasteiger partial charge in [-0.1, -0.05) is 22.6 Å². The Morgan fingerprint density at radius 3 is 2.95 bits per heavy atom. The van der Waals surface area contributed by atoms with Gasteiger partial charge in [0.05, 0.1) is 29.1 Å². The molecule has 1 saturated heterocycles. The largest absolute Gasteiger partial charge is 0.390 e. The second kappa shape index (κ2) is 4.74. The molecule has 1 fully saturated rings. The highest BCUT2D eigenvalue weighted by Crippen LogP contribution is 2.35. The van der Waals surface area contributed by atoms with Crippen LogP contribution in [0.4, 0.5) is 9.52 Å². The molecule has 21 heavy (non-hydrogen) atoms. The number of thiazole rings is 1. The molecule has 3 aromatic rings. The van der Waals surface area contributed by atoms with Crippen LogP contribution in [0, 0.1) is 5.82 Å². The number of hydrogen-bond donors (Lipinski definition) is 1. The Hall–Kier alpha value is -2.06. The van der Waals surface area contributed by atoms with E-state index in [9.17, 15) is 4.39 Å². The van der Waals surface area contributed by atoms with Crippen molar-refractivity contribution in [2.24, 2.45) is 0 Å². The van der Waals surface area contributed by atoms with Gasteiger partial charge in [-0.15, -0.1) is 5.10 Å². The normalized spacial score (nSPS) is 15.6. The summed E-state index contributed by atoms with van der Waals surface area (Å²) in [7, 11) is 0. The van der Waals surface area contributed by atoms with Crippen molar-refractivity contribution in [1.29, 1.82) is 0 Å². The minimum absolute atomic E-state index is 0.104. The van der Waals surface area contributed by atoms with Gasteiger partial charge < -0.3 is 10.0 Å². The molecule has 0 unspecified atom stereocenters. The zero-order valence-corrected chi connectivity index (χ0v) is 11.8. The molecule has 4 rings (SSSR count).